The van der Waals surface area contributed by atoms with Crippen LogP contribution in [0.2, 0.25) is 0 Å². The maximum Gasteiger partial charge on any atom is 0.252 e. The first kappa shape index (κ1) is 15.9. The van der Waals surface area contributed by atoms with Crippen molar-refractivity contribution in [1.82, 2.24) is 4.31 Å². The lowest BCUT2D eigenvalue weighted by Gasteiger charge is -2.26. The molecule has 0 aromatic carbocycles. The average Bonchev–Trinajstić information content (AvgIpc) is 2.76. The Kier molecular flexibility index (Phi) is 5.57. The molecule has 2 heterocycles. The monoisotopic (exact) mass is 318 g/mol. The molecule has 0 spiro atoms. The van der Waals surface area contributed by atoms with E-state index in [0.29, 0.717) is 23.7 Å². The van der Waals surface area contributed by atoms with Gasteiger partial charge in [0.25, 0.3) is 10.0 Å². The van der Waals surface area contributed by atoms with Gasteiger partial charge in [-0.3, -0.25) is 0 Å². The van der Waals surface area contributed by atoms with Gasteiger partial charge in [-0.25, -0.2) is 8.42 Å². The Hall–Kier alpha value is -0.470. The smallest absolute Gasteiger partial charge is 0.252 e. The molecule has 7 heteroatoms. The molecule has 1 aliphatic heterocycles. The van der Waals surface area contributed by atoms with E-state index in [2.05, 4.69) is 0 Å². The van der Waals surface area contributed by atoms with Crippen LogP contribution in [0, 0.1) is 0 Å². The second kappa shape index (κ2) is 7.00. The number of aliphatic hydroxyl groups excluding tert-OH is 1. The summed E-state index contributed by atoms with van der Waals surface area (Å²) in [6.07, 6.45) is 4.28. The van der Waals surface area contributed by atoms with E-state index in [9.17, 15) is 13.5 Å². The van der Waals surface area contributed by atoms with Gasteiger partial charge in [-0.15, -0.1) is 11.3 Å². The molecule has 5 nitrogen and oxygen atoms in total. The van der Waals surface area contributed by atoms with Crippen molar-refractivity contribution < 1.29 is 13.5 Å². The Balaban J connectivity index is 2.26. The van der Waals surface area contributed by atoms with E-state index in [1.165, 1.54) is 15.6 Å². The van der Waals surface area contributed by atoms with E-state index in [4.69, 9.17) is 5.73 Å². The number of sulfonamides is 1. The Morgan fingerprint density at radius 2 is 2.15 bits per heavy atom. The van der Waals surface area contributed by atoms with Crippen molar-refractivity contribution in [3.8, 4) is 0 Å². The van der Waals surface area contributed by atoms with Gasteiger partial charge in [0.2, 0.25) is 0 Å². The third kappa shape index (κ3) is 3.40. The molecule has 20 heavy (non-hydrogen) atoms. The van der Waals surface area contributed by atoms with Gasteiger partial charge in [-0.1, -0.05) is 12.8 Å². The first-order valence-corrected chi connectivity index (χ1v) is 9.26. The van der Waals surface area contributed by atoms with Gasteiger partial charge in [-0.2, -0.15) is 4.31 Å². The molecule has 0 aliphatic carbocycles. The number of nitrogens with two attached hydrogens (primary N) is 1. The molecule has 1 unspecified atom stereocenters. The second-order valence-corrected chi connectivity index (χ2v) is 8.35. The van der Waals surface area contributed by atoms with Gasteiger partial charge >= 0.3 is 0 Å². The molecule has 1 saturated heterocycles. The molecule has 1 aromatic heterocycles. The average molecular weight is 318 g/mol. The molecular formula is C13H22N2O3S2. The van der Waals surface area contributed by atoms with Crippen molar-refractivity contribution in [2.75, 3.05) is 19.7 Å². The second-order valence-electron chi connectivity index (χ2n) is 5.06. The van der Waals surface area contributed by atoms with Crippen LogP contribution in [0.15, 0.2) is 16.3 Å². The third-order valence-electron chi connectivity index (χ3n) is 3.62. The minimum Gasteiger partial charge on any atom is -0.395 e. The Bertz CT molecular complexity index is 527. The van der Waals surface area contributed by atoms with Gasteiger partial charge in [0.05, 0.1) is 6.61 Å². The predicted octanol–water partition coefficient (Wildman–Crippen LogP) is 1.17. The number of rotatable bonds is 5. The third-order valence-corrected chi connectivity index (χ3v) is 7.19. The van der Waals surface area contributed by atoms with Gasteiger partial charge < -0.3 is 10.8 Å². The summed E-state index contributed by atoms with van der Waals surface area (Å²) >= 11 is 1.29. The van der Waals surface area contributed by atoms with E-state index in [0.717, 1.165) is 30.6 Å². The summed E-state index contributed by atoms with van der Waals surface area (Å²) in [7, 11) is -3.49. The van der Waals surface area contributed by atoms with Crippen LogP contribution in [0.4, 0.5) is 0 Å². The van der Waals surface area contributed by atoms with Crippen molar-refractivity contribution in [3.63, 3.8) is 0 Å². The molecular weight excluding hydrogens is 296 g/mol. The fourth-order valence-corrected chi connectivity index (χ4v) is 5.72. The topological polar surface area (TPSA) is 83.6 Å². The van der Waals surface area contributed by atoms with Gasteiger partial charge in [0, 0.05) is 17.5 Å². The summed E-state index contributed by atoms with van der Waals surface area (Å²) in [6, 6.07) is 3.20. The van der Waals surface area contributed by atoms with Crippen LogP contribution >= 0.6 is 11.3 Å². The van der Waals surface area contributed by atoms with Gasteiger partial charge in [0.15, 0.2) is 0 Å². The minimum atomic E-state index is -3.49. The van der Waals surface area contributed by atoms with E-state index < -0.39 is 10.0 Å². The zero-order chi connectivity index (χ0) is 14.6. The molecule has 0 radical (unpaired) electrons. The van der Waals surface area contributed by atoms with Crippen molar-refractivity contribution in [3.05, 3.63) is 17.0 Å². The highest BCUT2D eigenvalue weighted by molar-refractivity contribution is 7.91. The van der Waals surface area contributed by atoms with Gasteiger partial charge in [-0.05, 0) is 37.9 Å². The van der Waals surface area contributed by atoms with E-state index in [1.54, 1.807) is 6.07 Å². The zero-order valence-electron chi connectivity index (χ0n) is 11.5. The quantitative estimate of drug-likeness (QED) is 0.854. The van der Waals surface area contributed by atoms with Crippen LogP contribution < -0.4 is 5.73 Å². The fraction of sp³-hybridized carbons (Fsp3) is 0.692. The summed E-state index contributed by atoms with van der Waals surface area (Å²) in [6.45, 7) is 0.904. The van der Waals surface area contributed by atoms with E-state index in [-0.39, 0.29) is 12.6 Å². The van der Waals surface area contributed by atoms with E-state index in [1.807, 2.05) is 6.07 Å². The van der Waals surface area contributed by atoms with Crippen LogP contribution in [-0.2, 0) is 16.4 Å². The summed E-state index contributed by atoms with van der Waals surface area (Å²) in [5.74, 6) is 0. The SMILES string of the molecule is NCCc1ccc(S(=O)(=O)N2CCCCCC2CO)s1. The number of thiophene rings is 1. The number of aliphatic hydroxyl groups is 1. The standard InChI is InChI=1S/C13H22N2O3S2/c14-8-7-12-5-6-13(19-12)20(17,18)15-9-3-1-2-4-11(15)10-16/h5-6,11,16H,1-4,7-10,14H2. The van der Waals surface area contributed by atoms with Gasteiger partial charge in [0.1, 0.15) is 4.21 Å². The highest BCUT2D eigenvalue weighted by Crippen LogP contribution is 2.29. The van der Waals surface area contributed by atoms with E-state index >= 15 is 0 Å². The molecule has 114 valence electrons. The number of hydrogen-bond acceptors (Lipinski definition) is 5. The molecule has 1 atom stereocenters. The minimum absolute atomic E-state index is 0.111. The lowest BCUT2D eigenvalue weighted by molar-refractivity contribution is 0.186. The summed E-state index contributed by atoms with van der Waals surface area (Å²) in [5.41, 5.74) is 5.50. The van der Waals surface area contributed by atoms with Crippen LogP contribution in [0.25, 0.3) is 0 Å². The molecule has 0 bridgehead atoms. The van der Waals surface area contributed by atoms with Crippen molar-refractivity contribution >= 4 is 21.4 Å². The first-order chi connectivity index (χ1) is 9.59. The molecule has 0 saturated carbocycles. The van der Waals surface area contributed by atoms with Crippen LogP contribution in [0.3, 0.4) is 0 Å². The highest BCUT2D eigenvalue weighted by atomic mass is 32.2. The lowest BCUT2D eigenvalue weighted by Crippen LogP contribution is -2.41. The molecule has 1 aliphatic rings. The normalized spacial score (nSPS) is 21.8. The highest BCUT2D eigenvalue weighted by Gasteiger charge is 2.32. The summed E-state index contributed by atoms with van der Waals surface area (Å²) in [4.78, 5) is 0.987. The van der Waals surface area contributed by atoms with Crippen molar-refractivity contribution in [1.29, 1.82) is 0 Å². The van der Waals surface area contributed by atoms with Crippen molar-refractivity contribution in [2.45, 2.75) is 42.4 Å². The molecule has 1 aromatic rings. The van der Waals surface area contributed by atoms with Crippen LogP contribution in [-0.4, -0.2) is 43.6 Å². The van der Waals surface area contributed by atoms with Crippen molar-refractivity contribution in [2.24, 2.45) is 5.73 Å². The molecule has 0 amide bonds. The maximum absolute atomic E-state index is 12.7. The number of nitrogens with zero attached hydrogens (tertiary/aromatic N) is 1. The molecule has 3 N–H and O–H groups in total. The zero-order valence-corrected chi connectivity index (χ0v) is 13.1. The lowest BCUT2D eigenvalue weighted by atomic mass is 10.1. The Morgan fingerprint density at radius 3 is 2.85 bits per heavy atom. The maximum atomic E-state index is 12.7. The predicted molar refractivity (Wildman–Crippen MR) is 80.3 cm³/mol. The Morgan fingerprint density at radius 1 is 1.35 bits per heavy atom. The van der Waals surface area contributed by atoms with Crippen LogP contribution in [0.1, 0.15) is 30.6 Å². The largest absolute Gasteiger partial charge is 0.395 e. The molecule has 1 fully saturated rings. The fourth-order valence-electron chi connectivity index (χ4n) is 2.54. The Labute approximate surface area is 124 Å². The number of hydrogen-bond donors (Lipinski definition) is 2. The summed E-state index contributed by atoms with van der Waals surface area (Å²) < 4.78 is 27.3. The summed E-state index contributed by atoms with van der Waals surface area (Å²) in [5, 5.41) is 9.47. The van der Waals surface area contributed by atoms with Crippen LogP contribution in [0.5, 0.6) is 0 Å². The first-order valence-electron chi connectivity index (χ1n) is 7.01. The molecule has 2 rings (SSSR count).